The Hall–Kier alpha value is -1.99. The summed E-state index contributed by atoms with van der Waals surface area (Å²) in [6.45, 7) is 3.37. The molecule has 1 aromatic carbocycles. The van der Waals surface area contributed by atoms with E-state index in [0.717, 1.165) is 0 Å². The minimum atomic E-state index is -1.14. The SMILES string of the molecule is CCC(CC)C(=O)NC(CO)C(O)c1ccc([N+](=O)[O-])cc1. The number of nitro groups is 1. The Morgan fingerprint density at radius 1 is 1.27 bits per heavy atom. The lowest BCUT2D eigenvalue weighted by atomic mass is 9.99. The minimum absolute atomic E-state index is 0.0856. The molecule has 0 spiro atoms. The second kappa shape index (κ2) is 8.45. The van der Waals surface area contributed by atoms with E-state index in [-0.39, 0.29) is 17.5 Å². The molecule has 22 heavy (non-hydrogen) atoms. The Balaban J connectivity index is 2.81. The van der Waals surface area contributed by atoms with E-state index in [1.54, 1.807) is 0 Å². The van der Waals surface area contributed by atoms with Gasteiger partial charge in [-0.25, -0.2) is 0 Å². The number of carbonyl (C=O) groups excluding carboxylic acids is 1. The Morgan fingerprint density at radius 2 is 1.82 bits per heavy atom. The number of non-ortho nitro benzene ring substituents is 1. The molecule has 7 heteroatoms. The van der Waals surface area contributed by atoms with E-state index in [1.165, 1.54) is 24.3 Å². The van der Waals surface area contributed by atoms with Gasteiger partial charge in [-0.15, -0.1) is 0 Å². The monoisotopic (exact) mass is 310 g/mol. The molecule has 0 aromatic heterocycles. The summed E-state index contributed by atoms with van der Waals surface area (Å²) < 4.78 is 0. The van der Waals surface area contributed by atoms with Gasteiger partial charge in [0, 0.05) is 18.1 Å². The standard InChI is InChI=1S/C15H22N2O5/c1-3-10(4-2)15(20)16-13(9-18)14(19)11-5-7-12(8-6-11)17(21)22/h5-8,10,13-14,18-19H,3-4,9H2,1-2H3,(H,16,20). The third kappa shape index (κ3) is 4.51. The normalized spacial score (nSPS) is 13.7. The van der Waals surface area contributed by atoms with Crippen LogP contribution in [-0.2, 0) is 4.79 Å². The highest BCUT2D eigenvalue weighted by Crippen LogP contribution is 2.21. The average molecular weight is 310 g/mol. The Kier molecular flexibility index (Phi) is 6.94. The van der Waals surface area contributed by atoms with Gasteiger partial charge in [0.05, 0.1) is 17.6 Å². The van der Waals surface area contributed by atoms with Crippen molar-refractivity contribution >= 4 is 11.6 Å². The molecule has 0 saturated carbocycles. The van der Waals surface area contributed by atoms with Crippen LogP contribution >= 0.6 is 0 Å². The third-order valence-electron chi connectivity index (χ3n) is 3.71. The average Bonchev–Trinajstić information content (AvgIpc) is 2.53. The van der Waals surface area contributed by atoms with Crippen molar-refractivity contribution in [2.45, 2.75) is 38.8 Å². The first kappa shape index (κ1) is 18.1. The van der Waals surface area contributed by atoms with Gasteiger partial charge in [-0.3, -0.25) is 14.9 Å². The number of hydrogen-bond acceptors (Lipinski definition) is 5. The van der Waals surface area contributed by atoms with E-state index in [9.17, 15) is 25.1 Å². The summed E-state index contributed by atoms with van der Waals surface area (Å²) in [5.41, 5.74) is 0.312. The van der Waals surface area contributed by atoms with Crippen LogP contribution in [-0.4, -0.2) is 33.7 Å². The molecule has 0 bridgehead atoms. The maximum Gasteiger partial charge on any atom is 0.269 e. The van der Waals surface area contributed by atoms with Crippen molar-refractivity contribution in [2.75, 3.05) is 6.61 Å². The molecular formula is C15H22N2O5. The number of aliphatic hydroxyl groups excluding tert-OH is 2. The fourth-order valence-corrected chi connectivity index (χ4v) is 2.21. The van der Waals surface area contributed by atoms with Gasteiger partial charge < -0.3 is 15.5 Å². The van der Waals surface area contributed by atoms with E-state index in [2.05, 4.69) is 5.32 Å². The van der Waals surface area contributed by atoms with Crippen molar-refractivity contribution in [3.05, 3.63) is 39.9 Å². The van der Waals surface area contributed by atoms with E-state index in [1.807, 2.05) is 13.8 Å². The highest BCUT2D eigenvalue weighted by atomic mass is 16.6. The highest BCUT2D eigenvalue weighted by Gasteiger charge is 2.25. The van der Waals surface area contributed by atoms with E-state index >= 15 is 0 Å². The number of nitrogens with zero attached hydrogens (tertiary/aromatic N) is 1. The molecule has 2 atom stereocenters. The molecule has 0 aliphatic carbocycles. The fraction of sp³-hybridized carbons (Fsp3) is 0.533. The largest absolute Gasteiger partial charge is 0.394 e. The highest BCUT2D eigenvalue weighted by molar-refractivity contribution is 5.78. The number of aliphatic hydroxyl groups is 2. The number of hydrogen-bond donors (Lipinski definition) is 3. The quantitative estimate of drug-likeness (QED) is 0.498. The molecule has 0 aliphatic rings. The van der Waals surface area contributed by atoms with E-state index < -0.39 is 23.7 Å². The van der Waals surface area contributed by atoms with Crippen LogP contribution in [0, 0.1) is 16.0 Å². The Morgan fingerprint density at radius 3 is 2.23 bits per heavy atom. The zero-order valence-corrected chi connectivity index (χ0v) is 12.7. The van der Waals surface area contributed by atoms with Crippen molar-refractivity contribution in [1.82, 2.24) is 5.32 Å². The van der Waals surface area contributed by atoms with Gasteiger partial charge in [0.25, 0.3) is 5.69 Å². The number of amides is 1. The summed E-state index contributed by atoms with van der Waals surface area (Å²) in [6.07, 6.45) is 0.214. The van der Waals surface area contributed by atoms with Crippen LogP contribution in [0.4, 0.5) is 5.69 Å². The molecule has 2 unspecified atom stereocenters. The number of nitro benzene ring substituents is 1. The van der Waals surface area contributed by atoms with Crippen molar-refractivity contribution in [2.24, 2.45) is 5.92 Å². The number of carbonyl (C=O) groups is 1. The van der Waals surface area contributed by atoms with Gasteiger partial charge in [0.2, 0.25) is 5.91 Å². The molecule has 0 fully saturated rings. The van der Waals surface area contributed by atoms with Crippen molar-refractivity contribution < 1.29 is 19.9 Å². The first-order valence-corrected chi connectivity index (χ1v) is 7.28. The lowest BCUT2D eigenvalue weighted by Crippen LogP contribution is -2.44. The maximum absolute atomic E-state index is 12.0. The second-order valence-electron chi connectivity index (χ2n) is 5.10. The topological polar surface area (TPSA) is 113 Å². The summed E-state index contributed by atoms with van der Waals surface area (Å²) in [5.74, 6) is -0.386. The van der Waals surface area contributed by atoms with Gasteiger partial charge in [-0.2, -0.15) is 0 Å². The zero-order chi connectivity index (χ0) is 16.7. The molecule has 1 amide bonds. The van der Waals surface area contributed by atoms with Gasteiger partial charge in [-0.05, 0) is 30.5 Å². The molecule has 0 heterocycles. The van der Waals surface area contributed by atoms with Crippen molar-refractivity contribution in [3.8, 4) is 0 Å². The van der Waals surface area contributed by atoms with Crippen LogP contribution in [0.5, 0.6) is 0 Å². The number of benzene rings is 1. The lowest BCUT2D eigenvalue weighted by Gasteiger charge is -2.24. The summed E-state index contributed by atoms with van der Waals surface area (Å²) in [6, 6.07) is 4.52. The fourth-order valence-electron chi connectivity index (χ4n) is 2.21. The van der Waals surface area contributed by atoms with E-state index in [0.29, 0.717) is 18.4 Å². The maximum atomic E-state index is 12.0. The number of rotatable bonds is 8. The van der Waals surface area contributed by atoms with Gasteiger partial charge in [0.1, 0.15) is 6.10 Å². The summed E-state index contributed by atoms with van der Waals surface area (Å²) in [4.78, 5) is 22.1. The van der Waals surface area contributed by atoms with Crippen LogP contribution < -0.4 is 5.32 Å². The molecule has 1 aromatic rings. The van der Waals surface area contributed by atoms with E-state index in [4.69, 9.17) is 0 Å². The molecule has 0 radical (unpaired) electrons. The lowest BCUT2D eigenvalue weighted by molar-refractivity contribution is -0.384. The van der Waals surface area contributed by atoms with Crippen LogP contribution in [0.2, 0.25) is 0 Å². The van der Waals surface area contributed by atoms with Gasteiger partial charge in [-0.1, -0.05) is 13.8 Å². The Bertz CT molecular complexity index is 499. The third-order valence-corrected chi connectivity index (χ3v) is 3.71. The van der Waals surface area contributed by atoms with Crippen LogP contribution in [0.1, 0.15) is 38.4 Å². The molecule has 7 nitrogen and oxygen atoms in total. The van der Waals surface area contributed by atoms with Crippen LogP contribution in [0.3, 0.4) is 0 Å². The molecule has 1 rings (SSSR count). The van der Waals surface area contributed by atoms with Gasteiger partial charge >= 0.3 is 0 Å². The Labute approximate surface area is 129 Å². The molecule has 0 aliphatic heterocycles. The summed E-state index contributed by atoms with van der Waals surface area (Å²) >= 11 is 0. The number of nitrogens with one attached hydrogen (secondary N) is 1. The van der Waals surface area contributed by atoms with Crippen molar-refractivity contribution in [3.63, 3.8) is 0 Å². The smallest absolute Gasteiger partial charge is 0.269 e. The van der Waals surface area contributed by atoms with Crippen molar-refractivity contribution in [1.29, 1.82) is 0 Å². The molecule has 122 valence electrons. The summed E-state index contributed by atoms with van der Waals surface area (Å²) in [7, 11) is 0. The van der Waals surface area contributed by atoms with Crippen LogP contribution in [0.15, 0.2) is 24.3 Å². The van der Waals surface area contributed by atoms with Gasteiger partial charge in [0.15, 0.2) is 0 Å². The zero-order valence-electron chi connectivity index (χ0n) is 12.7. The molecule has 0 saturated heterocycles. The summed E-state index contributed by atoms with van der Waals surface area (Å²) in [5, 5.41) is 32.9. The predicted octanol–water partition coefficient (Wildman–Crippen LogP) is 1.54. The minimum Gasteiger partial charge on any atom is -0.394 e. The second-order valence-corrected chi connectivity index (χ2v) is 5.10. The van der Waals surface area contributed by atoms with Crippen LogP contribution in [0.25, 0.3) is 0 Å². The molecular weight excluding hydrogens is 288 g/mol. The predicted molar refractivity (Wildman–Crippen MR) is 81.1 cm³/mol. The first-order chi connectivity index (χ1) is 10.4. The molecule has 3 N–H and O–H groups in total. The first-order valence-electron chi connectivity index (χ1n) is 7.28.